The first-order valence-corrected chi connectivity index (χ1v) is 5.64. The number of ether oxygens (including phenoxy) is 1. The van der Waals surface area contributed by atoms with E-state index in [0.29, 0.717) is 11.3 Å². The lowest BCUT2D eigenvalue weighted by atomic mass is 10.1. The summed E-state index contributed by atoms with van der Waals surface area (Å²) in [4.78, 5) is 11.7. The number of hydrogen-bond donors (Lipinski definition) is 0. The monoisotopic (exact) mass is 246 g/mol. The first kappa shape index (κ1) is 12.3. The van der Waals surface area contributed by atoms with Gasteiger partial charge in [0.2, 0.25) is 5.89 Å². The van der Waals surface area contributed by atoms with Crippen LogP contribution in [-0.4, -0.2) is 17.3 Å². The molecule has 0 bridgehead atoms. The minimum atomic E-state index is -0.439. The van der Waals surface area contributed by atoms with E-state index in [4.69, 9.17) is 9.15 Å². The van der Waals surface area contributed by atoms with Crippen LogP contribution in [0.15, 0.2) is 33.5 Å². The molecular formula is C13H14N2O3. The van der Waals surface area contributed by atoms with Crippen molar-refractivity contribution in [2.45, 2.75) is 19.8 Å². The first-order chi connectivity index (χ1) is 8.61. The standard InChI is InChI=1S/C13H14N2O3/c1-8(2)11-13(16)18-12(15-14-11)9-4-6-10(17-3)7-5-9/h4-8H,1-3H3. The molecule has 1 aromatic carbocycles. The van der Waals surface area contributed by atoms with Crippen LogP contribution in [-0.2, 0) is 0 Å². The average Bonchev–Trinajstić information content (AvgIpc) is 2.38. The molecule has 0 atom stereocenters. The van der Waals surface area contributed by atoms with E-state index in [1.165, 1.54) is 0 Å². The molecule has 0 unspecified atom stereocenters. The van der Waals surface area contributed by atoms with Crippen LogP contribution in [0.3, 0.4) is 0 Å². The Kier molecular flexibility index (Phi) is 3.41. The van der Waals surface area contributed by atoms with Gasteiger partial charge in [-0.2, -0.15) is 0 Å². The number of hydrogen-bond acceptors (Lipinski definition) is 5. The number of nitrogens with zero attached hydrogens (tertiary/aromatic N) is 2. The molecule has 1 heterocycles. The fraction of sp³-hybridized carbons (Fsp3) is 0.308. The molecule has 0 aliphatic heterocycles. The Bertz CT molecular complexity index is 588. The van der Waals surface area contributed by atoms with Gasteiger partial charge in [-0.25, -0.2) is 4.79 Å². The van der Waals surface area contributed by atoms with E-state index in [1.54, 1.807) is 31.4 Å². The van der Waals surface area contributed by atoms with Gasteiger partial charge in [0.1, 0.15) is 5.75 Å². The van der Waals surface area contributed by atoms with E-state index < -0.39 is 5.63 Å². The Labute approximate surface area is 104 Å². The maximum absolute atomic E-state index is 11.7. The number of aromatic nitrogens is 2. The van der Waals surface area contributed by atoms with E-state index in [1.807, 2.05) is 13.8 Å². The summed E-state index contributed by atoms with van der Waals surface area (Å²) in [5.41, 5.74) is 0.591. The molecule has 0 aliphatic rings. The summed E-state index contributed by atoms with van der Waals surface area (Å²) in [5, 5.41) is 7.84. The van der Waals surface area contributed by atoms with Crippen LogP contribution in [0.5, 0.6) is 5.75 Å². The molecule has 94 valence electrons. The van der Waals surface area contributed by atoms with Crippen molar-refractivity contribution >= 4 is 0 Å². The molecule has 0 fully saturated rings. The lowest BCUT2D eigenvalue weighted by Crippen LogP contribution is -2.13. The fourth-order valence-electron chi connectivity index (χ4n) is 1.50. The van der Waals surface area contributed by atoms with Gasteiger partial charge in [0.25, 0.3) is 0 Å². The van der Waals surface area contributed by atoms with Gasteiger partial charge in [-0.15, -0.1) is 10.2 Å². The van der Waals surface area contributed by atoms with Crippen molar-refractivity contribution in [3.05, 3.63) is 40.4 Å². The fourth-order valence-corrected chi connectivity index (χ4v) is 1.50. The maximum Gasteiger partial charge on any atom is 0.361 e. The minimum Gasteiger partial charge on any atom is -0.497 e. The number of methoxy groups -OCH3 is 1. The quantitative estimate of drug-likeness (QED) is 0.830. The topological polar surface area (TPSA) is 65.2 Å². The van der Waals surface area contributed by atoms with Crippen molar-refractivity contribution in [2.24, 2.45) is 0 Å². The van der Waals surface area contributed by atoms with Crippen molar-refractivity contribution < 1.29 is 9.15 Å². The van der Waals surface area contributed by atoms with Gasteiger partial charge in [-0.3, -0.25) is 0 Å². The summed E-state index contributed by atoms with van der Waals surface area (Å²) in [6, 6.07) is 7.07. The number of rotatable bonds is 3. The van der Waals surface area contributed by atoms with Gasteiger partial charge >= 0.3 is 5.63 Å². The van der Waals surface area contributed by atoms with E-state index in [2.05, 4.69) is 10.2 Å². The molecule has 0 spiro atoms. The molecule has 5 heteroatoms. The zero-order chi connectivity index (χ0) is 13.1. The summed E-state index contributed by atoms with van der Waals surface area (Å²) >= 11 is 0. The lowest BCUT2D eigenvalue weighted by molar-refractivity contribution is 0.414. The Morgan fingerprint density at radius 2 is 1.83 bits per heavy atom. The van der Waals surface area contributed by atoms with Gasteiger partial charge in [0.15, 0.2) is 5.69 Å². The van der Waals surface area contributed by atoms with E-state index in [9.17, 15) is 4.79 Å². The van der Waals surface area contributed by atoms with Crippen LogP contribution in [0.1, 0.15) is 25.5 Å². The zero-order valence-electron chi connectivity index (χ0n) is 10.5. The molecule has 2 aromatic rings. The van der Waals surface area contributed by atoms with Crippen LogP contribution >= 0.6 is 0 Å². The molecule has 0 amide bonds. The largest absolute Gasteiger partial charge is 0.497 e. The lowest BCUT2D eigenvalue weighted by Gasteiger charge is -2.03. The smallest absolute Gasteiger partial charge is 0.361 e. The Morgan fingerprint density at radius 3 is 2.33 bits per heavy atom. The summed E-state index contributed by atoms with van der Waals surface area (Å²) in [7, 11) is 1.59. The summed E-state index contributed by atoms with van der Waals surface area (Å²) in [6.07, 6.45) is 0. The van der Waals surface area contributed by atoms with Gasteiger partial charge in [-0.05, 0) is 24.3 Å². The average molecular weight is 246 g/mol. The summed E-state index contributed by atoms with van der Waals surface area (Å²) < 4.78 is 10.2. The highest BCUT2D eigenvalue weighted by atomic mass is 16.5. The minimum absolute atomic E-state index is 0.00123. The van der Waals surface area contributed by atoms with Crippen LogP contribution in [0.2, 0.25) is 0 Å². The van der Waals surface area contributed by atoms with Crippen molar-refractivity contribution in [1.82, 2.24) is 10.2 Å². The normalized spacial score (nSPS) is 10.7. The molecule has 1 aromatic heterocycles. The number of benzene rings is 1. The van der Waals surface area contributed by atoms with Gasteiger partial charge in [0.05, 0.1) is 7.11 Å². The second kappa shape index (κ2) is 5.00. The van der Waals surface area contributed by atoms with Gasteiger partial charge in [0, 0.05) is 11.5 Å². The molecular weight excluding hydrogens is 232 g/mol. The van der Waals surface area contributed by atoms with Crippen molar-refractivity contribution in [2.75, 3.05) is 7.11 Å². The van der Waals surface area contributed by atoms with E-state index in [0.717, 1.165) is 5.75 Å². The summed E-state index contributed by atoms with van der Waals surface area (Å²) in [6.45, 7) is 3.74. The Hall–Kier alpha value is -2.17. The molecule has 5 nitrogen and oxygen atoms in total. The zero-order valence-corrected chi connectivity index (χ0v) is 10.5. The van der Waals surface area contributed by atoms with Crippen LogP contribution in [0, 0.1) is 0 Å². The SMILES string of the molecule is COc1ccc(-c2nnc(C(C)C)c(=O)o2)cc1. The van der Waals surface area contributed by atoms with Gasteiger partial charge < -0.3 is 9.15 Å². The van der Waals surface area contributed by atoms with Crippen molar-refractivity contribution in [1.29, 1.82) is 0 Å². The van der Waals surface area contributed by atoms with Gasteiger partial charge in [-0.1, -0.05) is 13.8 Å². The molecule has 18 heavy (non-hydrogen) atoms. The third-order valence-corrected chi connectivity index (χ3v) is 2.53. The Balaban J connectivity index is 2.39. The van der Waals surface area contributed by atoms with Crippen molar-refractivity contribution in [3.63, 3.8) is 0 Å². The molecule has 2 rings (SSSR count). The second-order valence-corrected chi connectivity index (χ2v) is 4.16. The molecule has 0 saturated heterocycles. The maximum atomic E-state index is 11.7. The summed E-state index contributed by atoms with van der Waals surface area (Å²) in [5.74, 6) is 0.943. The predicted molar refractivity (Wildman–Crippen MR) is 66.6 cm³/mol. The Morgan fingerprint density at radius 1 is 1.17 bits per heavy atom. The molecule has 0 N–H and O–H groups in total. The third kappa shape index (κ3) is 2.40. The second-order valence-electron chi connectivity index (χ2n) is 4.16. The van der Waals surface area contributed by atoms with E-state index >= 15 is 0 Å². The third-order valence-electron chi connectivity index (χ3n) is 2.53. The van der Waals surface area contributed by atoms with Crippen LogP contribution in [0.4, 0.5) is 0 Å². The first-order valence-electron chi connectivity index (χ1n) is 5.64. The van der Waals surface area contributed by atoms with Crippen LogP contribution < -0.4 is 10.4 Å². The van der Waals surface area contributed by atoms with Crippen molar-refractivity contribution in [3.8, 4) is 17.2 Å². The predicted octanol–water partition coefficient (Wildman–Crippen LogP) is 2.23. The highest BCUT2D eigenvalue weighted by molar-refractivity contribution is 5.53. The van der Waals surface area contributed by atoms with Crippen LogP contribution in [0.25, 0.3) is 11.5 Å². The highest BCUT2D eigenvalue weighted by Crippen LogP contribution is 2.19. The molecule has 0 saturated carbocycles. The highest BCUT2D eigenvalue weighted by Gasteiger charge is 2.12. The van der Waals surface area contributed by atoms with E-state index in [-0.39, 0.29) is 11.8 Å². The molecule has 0 radical (unpaired) electrons. The molecule has 0 aliphatic carbocycles.